The number of nitrogens with one attached hydrogen (secondary N) is 1. The lowest BCUT2D eigenvalue weighted by Gasteiger charge is -2.28. The Labute approximate surface area is 180 Å². The lowest BCUT2D eigenvalue weighted by Crippen LogP contribution is -2.39. The number of para-hydroxylation sites is 1. The molecule has 0 aliphatic carbocycles. The highest BCUT2D eigenvalue weighted by molar-refractivity contribution is 7.90. The van der Waals surface area contributed by atoms with Crippen LogP contribution in [0.4, 0.5) is 5.69 Å². The Hall–Kier alpha value is -3.67. The van der Waals surface area contributed by atoms with Gasteiger partial charge in [-0.3, -0.25) is 4.72 Å². The van der Waals surface area contributed by atoms with Gasteiger partial charge in [0.1, 0.15) is 5.69 Å². The van der Waals surface area contributed by atoms with Crippen molar-refractivity contribution in [2.24, 2.45) is 0 Å². The largest absolute Gasteiger partial charge is 0.477 e. The maximum absolute atomic E-state index is 13.0. The summed E-state index contributed by atoms with van der Waals surface area (Å²) in [4.78, 5) is 14.7. The van der Waals surface area contributed by atoms with Gasteiger partial charge in [0.25, 0.3) is 0 Å². The molecule has 2 aromatic carbocycles. The molecule has 0 unspecified atom stereocenters. The van der Waals surface area contributed by atoms with Crippen LogP contribution in [0.2, 0.25) is 0 Å². The number of aromatic nitrogens is 1. The van der Waals surface area contributed by atoms with E-state index in [2.05, 4.69) is 21.5 Å². The van der Waals surface area contributed by atoms with Crippen LogP contribution < -0.4 is 4.72 Å². The van der Waals surface area contributed by atoms with Crippen molar-refractivity contribution in [3.63, 3.8) is 0 Å². The molecule has 0 saturated carbocycles. The van der Waals surface area contributed by atoms with Gasteiger partial charge >= 0.3 is 16.2 Å². The number of anilines is 1. The summed E-state index contributed by atoms with van der Waals surface area (Å²) in [5, 5.41) is 8.92. The molecule has 31 heavy (non-hydrogen) atoms. The van der Waals surface area contributed by atoms with Gasteiger partial charge in [-0.05, 0) is 41.8 Å². The number of fused-ring (bicyclic) bond motifs is 1. The number of nitrogens with zero attached hydrogens (tertiary/aromatic N) is 2. The molecule has 7 nitrogen and oxygen atoms in total. The Balaban J connectivity index is 1.55. The van der Waals surface area contributed by atoms with E-state index in [1.54, 1.807) is 30.3 Å². The van der Waals surface area contributed by atoms with E-state index in [4.69, 9.17) is 5.11 Å². The molecule has 0 atom stereocenters. The van der Waals surface area contributed by atoms with Crippen LogP contribution in [0.1, 0.15) is 32.7 Å². The predicted octanol–water partition coefficient (Wildman–Crippen LogP) is 2.89. The molecule has 1 aromatic heterocycles. The topological polar surface area (TPSA) is 99.6 Å². The van der Waals surface area contributed by atoms with Crippen LogP contribution in [0.15, 0.2) is 66.9 Å². The minimum atomic E-state index is -3.76. The maximum atomic E-state index is 13.0. The fraction of sp³-hybridized carbons (Fsp3) is 0.130. The van der Waals surface area contributed by atoms with Crippen molar-refractivity contribution in [3.8, 4) is 11.8 Å². The van der Waals surface area contributed by atoms with Gasteiger partial charge in [-0.1, -0.05) is 48.2 Å². The van der Waals surface area contributed by atoms with Crippen molar-refractivity contribution >= 4 is 21.9 Å². The summed E-state index contributed by atoms with van der Waals surface area (Å²) in [5.74, 6) is 4.72. The molecule has 0 amide bonds. The highest BCUT2D eigenvalue weighted by Gasteiger charge is 2.26. The summed E-state index contributed by atoms with van der Waals surface area (Å²) in [6.45, 7) is 0.725. The smallest absolute Gasteiger partial charge is 0.354 e. The SMILES string of the molecule is O=C(O)c1ccc(C#Cc2ccccc2NS(=O)(=O)N2CCc3ccccc3C2)cn1. The highest BCUT2D eigenvalue weighted by Crippen LogP contribution is 2.23. The van der Waals surface area contributed by atoms with Gasteiger partial charge in [0, 0.05) is 30.4 Å². The number of hydrogen-bond acceptors (Lipinski definition) is 4. The van der Waals surface area contributed by atoms with Gasteiger partial charge in [-0.15, -0.1) is 0 Å². The Bertz CT molecular complexity index is 1290. The number of hydrogen-bond donors (Lipinski definition) is 2. The van der Waals surface area contributed by atoms with Crippen molar-refractivity contribution in [3.05, 3.63) is 94.8 Å². The fourth-order valence-electron chi connectivity index (χ4n) is 3.29. The first kappa shape index (κ1) is 20.6. The second kappa shape index (κ2) is 8.60. The van der Waals surface area contributed by atoms with E-state index in [-0.39, 0.29) is 5.69 Å². The van der Waals surface area contributed by atoms with Crippen molar-refractivity contribution in [1.29, 1.82) is 0 Å². The number of benzene rings is 2. The maximum Gasteiger partial charge on any atom is 0.354 e. The Morgan fingerprint density at radius 2 is 1.74 bits per heavy atom. The Morgan fingerprint density at radius 1 is 1.00 bits per heavy atom. The van der Waals surface area contributed by atoms with Crippen molar-refractivity contribution in [2.75, 3.05) is 11.3 Å². The summed E-state index contributed by atoms with van der Waals surface area (Å²) < 4.78 is 30.1. The first-order chi connectivity index (χ1) is 14.9. The standard InChI is InChI=1S/C23H19N3O4S/c27-23(28)22-12-10-17(15-24-22)9-11-19-6-3-4-8-21(19)25-31(29,30)26-14-13-18-5-1-2-7-20(18)16-26/h1-8,10,12,15,25H,13-14,16H2,(H,27,28). The number of carboxylic acid groups (broad SMARTS) is 1. The average molecular weight is 433 g/mol. The van der Waals surface area contributed by atoms with Gasteiger partial charge in [0.05, 0.1) is 5.69 Å². The zero-order chi connectivity index (χ0) is 21.8. The summed E-state index contributed by atoms with van der Waals surface area (Å²) >= 11 is 0. The van der Waals surface area contributed by atoms with Crippen LogP contribution in [0.5, 0.6) is 0 Å². The van der Waals surface area contributed by atoms with E-state index < -0.39 is 16.2 Å². The molecular formula is C23H19N3O4S. The predicted molar refractivity (Wildman–Crippen MR) is 117 cm³/mol. The molecule has 0 fully saturated rings. The lowest BCUT2D eigenvalue weighted by atomic mass is 10.0. The molecule has 0 bridgehead atoms. The minimum absolute atomic E-state index is 0.0678. The number of carboxylic acids is 1. The molecule has 8 heteroatoms. The zero-order valence-electron chi connectivity index (χ0n) is 16.4. The average Bonchev–Trinajstić information content (AvgIpc) is 2.78. The van der Waals surface area contributed by atoms with Crippen LogP contribution in [-0.2, 0) is 23.2 Å². The van der Waals surface area contributed by atoms with Gasteiger partial charge in [-0.2, -0.15) is 12.7 Å². The molecule has 0 saturated heterocycles. The summed E-state index contributed by atoms with van der Waals surface area (Å²) in [6.07, 6.45) is 2.03. The molecule has 2 N–H and O–H groups in total. The van der Waals surface area contributed by atoms with E-state index in [0.29, 0.717) is 36.3 Å². The quantitative estimate of drug-likeness (QED) is 0.617. The van der Waals surface area contributed by atoms with Crippen LogP contribution in [0.3, 0.4) is 0 Å². The Morgan fingerprint density at radius 3 is 2.48 bits per heavy atom. The van der Waals surface area contributed by atoms with Crippen LogP contribution in [0.25, 0.3) is 0 Å². The van der Waals surface area contributed by atoms with E-state index in [1.165, 1.54) is 22.1 Å². The van der Waals surface area contributed by atoms with Crippen molar-refractivity contribution in [2.45, 2.75) is 13.0 Å². The second-order valence-electron chi connectivity index (χ2n) is 6.99. The van der Waals surface area contributed by atoms with E-state index in [1.807, 2.05) is 24.3 Å². The van der Waals surface area contributed by atoms with Gasteiger partial charge in [0.2, 0.25) is 0 Å². The van der Waals surface area contributed by atoms with E-state index in [0.717, 1.165) is 5.56 Å². The molecule has 1 aliphatic heterocycles. The Kier molecular flexibility index (Phi) is 5.71. The third kappa shape index (κ3) is 4.74. The van der Waals surface area contributed by atoms with Crippen molar-refractivity contribution in [1.82, 2.24) is 9.29 Å². The number of rotatable bonds is 4. The minimum Gasteiger partial charge on any atom is -0.477 e. The number of aromatic carboxylic acids is 1. The first-order valence-corrected chi connectivity index (χ1v) is 11.0. The molecule has 0 spiro atoms. The monoisotopic (exact) mass is 433 g/mol. The third-order valence-electron chi connectivity index (χ3n) is 4.93. The number of pyridine rings is 1. The molecule has 2 heterocycles. The molecule has 4 rings (SSSR count). The first-order valence-electron chi connectivity index (χ1n) is 9.57. The normalized spacial score (nSPS) is 13.5. The van der Waals surface area contributed by atoms with Gasteiger partial charge in [0.15, 0.2) is 0 Å². The molecular weight excluding hydrogens is 414 g/mol. The molecule has 3 aromatic rings. The number of carbonyl (C=O) groups is 1. The van der Waals surface area contributed by atoms with E-state index in [9.17, 15) is 13.2 Å². The van der Waals surface area contributed by atoms with E-state index >= 15 is 0 Å². The summed E-state index contributed by atoms with van der Waals surface area (Å²) in [7, 11) is -3.76. The van der Waals surface area contributed by atoms with Gasteiger partial charge in [-0.25, -0.2) is 9.78 Å². The van der Waals surface area contributed by atoms with Crippen LogP contribution >= 0.6 is 0 Å². The van der Waals surface area contributed by atoms with Crippen LogP contribution in [-0.4, -0.2) is 35.3 Å². The van der Waals surface area contributed by atoms with Crippen molar-refractivity contribution < 1.29 is 18.3 Å². The highest BCUT2D eigenvalue weighted by atomic mass is 32.2. The fourth-order valence-corrected chi connectivity index (χ4v) is 4.52. The third-order valence-corrected chi connectivity index (χ3v) is 6.40. The van der Waals surface area contributed by atoms with Gasteiger partial charge < -0.3 is 5.11 Å². The summed E-state index contributed by atoms with van der Waals surface area (Å²) in [5.41, 5.74) is 3.51. The lowest BCUT2D eigenvalue weighted by molar-refractivity contribution is 0.0690. The second-order valence-corrected chi connectivity index (χ2v) is 8.66. The molecule has 1 aliphatic rings. The molecule has 0 radical (unpaired) electrons. The zero-order valence-corrected chi connectivity index (χ0v) is 17.3. The molecule has 156 valence electrons. The summed E-state index contributed by atoms with van der Waals surface area (Å²) in [6, 6.07) is 17.6. The van der Waals surface area contributed by atoms with Crippen LogP contribution in [0, 0.1) is 11.8 Å².